The van der Waals surface area contributed by atoms with E-state index in [0.717, 1.165) is 15.9 Å². The molecule has 1 aliphatic heterocycles. The van der Waals surface area contributed by atoms with Crippen molar-refractivity contribution < 1.29 is 14.0 Å². The Hall–Kier alpha value is -2.94. The lowest BCUT2D eigenvalue weighted by molar-refractivity contribution is -0.150. The molecule has 8 nitrogen and oxygen atoms in total. The van der Waals surface area contributed by atoms with Crippen molar-refractivity contribution in [1.29, 1.82) is 0 Å². The molecule has 0 saturated carbocycles. The van der Waals surface area contributed by atoms with Crippen LogP contribution in [0.15, 0.2) is 30.6 Å². The van der Waals surface area contributed by atoms with E-state index in [1.54, 1.807) is 6.07 Å². The molecule has 4 rings (SSSR count). The fourth-order valence-electron chi connectivity index (χ4n) is 4.39. The molecule has 1 saturated heterocycles. The van der Waals surface area contributed by atoms with Gasteiger partial charge in [0.2, 0.25) is 5.91 Å². The zero-order valence-corrected chi connectivity index (χ0v) is 19.3. The van der Waals surface area contributed by atoms with Gasteiger partial charge in [-0.15, -0.1) is 0 Å². The number of piperazine rings is 1. The molecule has 3 aromatic rings. The normalized spacial score (nSPS) is 18.9. The van der Waals surface area contributed by atoms with Crippen LogP contribution >= 0.6 is 11.6 Å². The Kier molecular flexibility index (Phi) is 5.36. The van der Waals surface area contributed by atoms with E-state index in [9.17, 15) is 9.59 Å². The monoisotopic (exact) mass is 470 g/mol. The molecular weight excluding hydrogens is 454 g/mol. The van der Waals surface area contributed by atoms with Crippen LogP contribution < -0.4 is 10.6 Å². The lowest BCUT2D eigenvalue weighted by Gasteiger charge is -2.65. The minimum absolute atomic E-state index is 0.143. The molecule has 1 fully saturated rings. The van der Waals surface area contributed by atoms with E-state index >= 15 is 4.39 Å². The lowest BCUT2D eigenvalue weighted by Crippen LogP contribution is -2.85. The predicted octanol–water partition coefficient (Wildman–Crippen LogP) is 0.726. The van der Waals surface area contributed by atoms with Gasteiger partial charge in [-0.2, -0.15) is 5.10 Å². The number of halogens is 2. The third-order valence-electron chi connectivity index (χ3n) is 6.00. The third kappa shape index (κ3) is 3.16. The minimum Gasteiger partial charge on any atom is -0.382 e. The largest absolute Gasteiger partial charge is 0.382 e. The highest BCUT2D eigenvalue weighted by molar-refractivity contribution is 6.58. The Morgan fingerprint density at radius 2 is 1.79 bits per heavy atom. The van der Waals surface area contributed by atoms with E-state index in [4.69, 9.17) is 48.7 Å². The van der Waals surface area contributed by atoms with Gasteiger partial charge in [0.15, 0.2) is 5.82 Å². The molecule has 34 heavy (non-hydrogen) atoms. The summed E-state index contributed by atoms with van der Waals surface area (Å²) in [5.74, 6) is -2.12. The van der Waals surface area contributed by atoms with Crippen molar-refractivity contribution in [3.05, 3.63) is 41.4 Å². The van der Waals surface area contributed by atoms with Gasteiger partial charge in [0.25, 0.3) is 5.91 Å². The molecule has 0 bridgehead atoms. The lowest BCUT2D eigenvalue weighted by atomic mass is 9.35. The number of aromatic nitrogens is 3. The molecule has 1 aliphatic rings. The maximum atomic E-state index is 15.2. The highest BCUT2D eigenvalue weighted by Crippen LogP contribution is 2.43. The van der Waals surface area contributed by atoms with Gasteiger partial charge in [0.1, 0.15) is 23.2 Å². The number of nitrogen functional groups attached to an aromatic ring is 1. The van der Waals surface area contributed by atoms with Crippen LogP contribution in [0.1, 0.15) is 20.8 Å². The van der Waals surface area contributed by atoms with Crippen LogP contribution in [-0.4, -0.2) is 78.9 Å². The smallest absolute Gasteiger partial charge is 0.251 e. The summed E-state index contributed by atoms with van der Waals surface area (Å²) in [6, 6.07) is 5.45. The molecule has 8 radical (unpaired) electrons. The first-order valence-corrected chi connectivity index (χ1v) is 10.4. The molecule has 3 heterocycles. The number of benzene rings is 1. The molecule has 1 aromatic carbocycles. The van der Waals surface area contributed by atoms with Crippen molar-refractivity contribution in [2.45, 2.75) is 37.0 Å². The first-order chi connectivity index (χ1) is 15.6. The second kappa shape index (κ2) is 7.53. The highest BCUT2D eigenvalue weighted by atomic mass is 35.5. The number of rotatable bonds is 2. The van der Waals surface area contributed by atoms with Gasteiger partial charge in [0.05, 0.1) is 47.8 Å². The summed E-state index contributed by atoms with van der Waals surface area (Å²) >= 11 is 6.31. The number of carbonyl (C=O) groups is 2. The first kappa shape index (κ1) is 24.2. The van der Waals surface area contributed by atoms with Crippen molar-refractivity contribution in [2.24, 2.45) is 0 Å². The molecule has 0 atom stereocenters. The molecule has 0 spiro atoms. The van der Waals surface area contributed by atoms with Crippen LogP contribution in [0, 0.1) is 5.82 Å². The average Bonchev–Trinajstić information content (AvgIpc) is 3.05. The van der Waals surface area contributed by atoms with Crippen LogP contribution in [0.4, 0.5) is 15.9 Å². The van der Waals surface area contributed by atoms with Gasteiger partial charge in [-0.1, -0.05) is 11.6 Å². The number of fused-ring (bicyclic) bond motifs is 1. The van der Waals surface area contributed by atoms with Gasteiger partial charge in [0, 0.05) is 12.5 Å². The van der Waals surface area contributed by atoms with E-state index in [-0.39, 0.29) is 16.5 Å². The number of hydrogen-bond acceptors (Lipinski definition) is 5. The van der Waals surface area contributed by atoms with E-state index in [1.807, 2.05) is 0 Å². The van der Waals surface area contributed by atoms with Crippen LogP contribution in [-0.2, 0) is 9.59 Å². The van der Waals surface area contributed by atoms with Crippen molar-refractivity contribution in [2.75, 3.05) is 10.6 Å². The van der Waals surface area contributed by atoms with Gasteiger partial charge in [-0.25, -0.2) is 13.9 Å². The standard InChI is InChI=1S/C20H16B4ClFN6O2/c1-9(33)32-18(2,3)17(34)30(19(21,22)20(32,23)24)14-6-10(4-5-12(14)26)13-7-11(25)15-16(27)28-8-29-31(13)15/h4-8H,1-3H3,(H2,27,28,29). The molecule has 0 unspecified atom stereocenters. The number of hydrogen-bond donors (Lipinski definition) is 1. The Balaban J connectivity index is 1.94. The van der Waals surface area contributed by atoms with Crippen LogP contribution in [0.25, 0.3) is 16.8 Å². The van der Waals surface area contributed by atoms with Crippen LogP contribution in [0.2, 0.25) is 5.02 Å². The summed E-state index contributed by atoms with van der Waals surface area (Å²) in [5.41, 5.74) is 5.17. The predicted molar refractivity (Wildman–Crippen MR) is 130 cm³/mol. The molecule has 2 N–H and O–H groups in total. The maximum absolute atomic E-state index is 15.2. The van der Waals surface area contributed by atoms with Gasteiger partial charge in [-0.05, 0) is 48.8 Å². The van der Waals surface area contributed by atoms with Gasteiger partial charge >= 0.3 is 0 Å². The zero-order valence-electron chi connectivity index (χ0n) is 18.6. The van der Waals surface area contributed by atoms with E-state index < -0.39 is 33.8 Å². The molecule has 164 valence electrons. The topological polar surface area (TPSA) is 96.8 Å². The van der Waals surface area contributed by atoms with Gasteiger partial charge in [-0.3, -0.25) is 9.59 Å². The Bertz CT molecular complexity index is 1360. The van der Waals surface area contributed by atoms with Crippen molar-refractivity contribution in [1.82, 2.24) is 19.5 Å². The number of nitrogens with zero attached hydrogens (tertiary/aromatic N) is 5. The number of amides is 2. The van der Waals surface area contributed by atoms with Crippen LogP contribution in [0.5, 0.6) is 0 Å². The summed E-state index contributed by atoms with van der Waals surface area (Å²) in [6.45, 7) is 4.00. The second-order valence-electron chi connectivity index (χ2n) is 8.65. The highest BCUT2D eigenvalue weighted by Gasteiger charge is 2.59. The summed E-state index contributed by atoms with van der Waals surface area (Å²) in [6.07, 6.45) is 1.24. The number of carbonyl (C=O) groups excluding carboxylic acids is 2. The van der Waals surface area contributed by atoms with E-state index in [2.05, 4.69) is 10.1 Å². The first-order valence-electron chi connectivity index (χ1n) is 10.0. The Morgan fingerprint density at radius 1 is 1.15 bits per heavy atom. The summed E-state index contributed by atoms with van der Waals surface area (Å²) in [4.78, 5) is 31.5. The molecular formula is C20H16B4ClFN6O2. The van der Waals surface area contributed by atoms with E-state index in [1.165, 1.54) is 43.7 Å². The Labute approximate surface area is 205 Å². The summed E-state index contributed by atoms with van der Waals surface area (Å²) in [5, 5.41) is -0.230. The summed E-state index contributed by atoms with van der Waals surface area (Å²) < 4.78 is 16.6. The number of anilines is 2. The van der Waals surface area contributed by atoms with Crippen molar-refractivity contribution >= 4 is 71.8 Å². The minimum atomic E-state index is -2.39. The zero-order chi connectivity index (χ0) is 25.4. The molecule has 0 aliphatic carbocycles. The fourth-order valence-corrected chi connectivity index (χ4v) is 4.67. The van der Waals surface area contributed by atoms with Crippen molar-refractivity contribution in [3.8, 4) is 11.3 Å². The second-order valence-corrected chi connectivity index (χ2v) is 9.06. The number of nitrogens with two attached hydrogens (primary N) is 1. The molecule has 14 heteroatoms. The third-order valence-corrected chi connectivity index (χ3v) is 6.29. The Morgan fingerprint density at radius 3 is 2.41 bits per heavy atom. The van der Waals surface area contributed by atoms with Crippen LogP contribution in [0.3, 0.4) is 0 Å². The maximum Gasteiger partial charge on any atom is 0.251 e. The molecule has 2 amide bonds. The van der Waals surface area contributed by atoms with Crippen molar-refractivity contribution in [3.63, 3.8) is 0 Å². The summed E-state index contributed by atoms with van der Waals surface area (Å²) in [7, 11) is 25.0. The SMILES string of the molecule is [B]C1([B])N(c2cc(-c3cc(Cl)c4c(N)ncnn34)ccc2F)C(=O)C(C)(C)N(C(C)=O)C1([B])[B]. The van der Waals surface area contributed by atoms with E-state index in [0.29, 0.717) is 16.8 Å². The molecule has 2 aromatic heterocycles. The quantitative estimate of drug-likeness (QED) is 0.558. The fraction of sp³-hybridized carbons (Fsp3) is 0.300. The van der Waals surface area contributed by atoms with Gasteiger partial charge < -0.3 is 15.5 Å². The average molecular weight is 470 g/mol.